The van der Waals surface area contributed by atoms with Crippen molar-refractivity contribution in [1.29, 1.82) is 0 Å². The highest BCUT2D eigenvalue weighted by Crippen LogP contribution is 2.21. The predicted octanol–water partition coefficient (Wildman–Crippen LogP) is -0.218. The summed E-state index contributed by atoms with van der Waals surface area (Å²) in [5.41, 5.74) is 4.12. The molecule has 1 aromatic carbocycles. The number of fused-ring (bicyclic) bond motifs is 1. The molecule has 0 atom stereocenters. The lowest BCUT2D eigenvalue weighted by Gasteiger charge is -1.99. The molecule has 0 saturated carbocycles. The Morgan fingerprint density at radius 1 is 1.00 bits per heavy atom. The summed E-state index contributed by atoms with van der Waals surface area (Å²) in [5.74, 6) is 0. The van der Waals surface area contributed by atoms with Gasteiger partial charge in [-0.25, -0.2) is 4.98 Å². The van der Waals surface area contributed by atoms with E-state index in [2.05, 4.69) is 59.2 Å². The molecule has 2 heterocycles. The van der Waals surface area contributed by atoms with E-state index >= 15 is 0 Å². The van der Waals surface area contributed by atoms with Gasteiger partial charge in [-0.15, -0.1) is 0 Å². The van der Waals surface area contributed by atoms with Gasteiger partial charge in [0.15, 0.2) is 12.4 Å². The Kier molecular flexibility index (Phi) is 4.23. The zero-order valence-electron chi connectivity index (χ0n) is 10.9. The lowest BCUT2D eigenvalue weighted by Crippen LogP contribution is -3.00. The van der Waals surface area contributed by atoms with Crippen LogP contribution in [0.5, 0.6) is 0 Å². The third-order valence-corrected chi connectivity index (χ3v) is 3.45. The normalized spacial score (nSPS) is 10.4. The van der Waals surface area contributed by atoms with Crippen LogP contribution in [0, 0.1) is 0 Å². The van der Waals surface area contributed by atoms with Crippen LogP contribution in [0.2, 0.25) is 0 Å². The molecule has 0 aliphatic carbocycles. The molecule has 2 aromatic heterocycles. The summed E-state index contributed by atoms with van der Waals surface area (Å²) < 4.78 is 2.21. The van der Waals surface area contributed by atoms with Crippen molar-refractivity contribution in [2.75, 3.05) is 0 Å². The monoisotopic (exact) mass is 272 g/mol. The van der Waals surface area contributed by atoms with Gasteiger partial charge in [-0.05, 0) is 30.0 Å². The number of aromatic nitrogens is 2. The minimum atomic E-state index is 0. The van der Waals surface area contributed by atoms with Gasteiger partial charge in [0, 0.05) is 36.3 Å². The van der Waals surface area contributed by atoms with Crippen LogP contribution in [-0.4, -0.2) is 4.57 Å². The highest BCUT2D eigenvalue weighted by Gasteiger charge is 2.05. The number of hydrogen-bond donors (Lipinski definition) is 0. The molecule has 3 heteroatoms. The Morgan fingerprint density at radius 3 is 2.53 bits per heavy atom. The Labute approximate surface area is 119 Å². The van der Waals surface area contributed by atoms with Crippen LogP contribution in [0.3, 0.4) is 0 Å². The molecule has 0 saturated heterocycles. The number of aromatic amines is 1. The summed E-state index contributed by atoms with van der Waals surface area (Å²) in [5, 5.41) is 1.38. The SMILES string of the molecule is Cn1cc(CCc2cc[nH+]cc2)c2ccccc21.[Cl-]. The fraction of sp³-hybridized carbons (Fsp3) is 0.188. The van der Waals surface area contributed by atoms with E-state index in [1.807, 2.05) is 12.4 Å². The highest BCUT2D eigenvalue weighted by molar-refractivity contribution is 5.83. The maximum absolute atomic E-state index is 3.06. The fourth-order valence-corrected chi connectivity index (χ4v) is 2.49. The molecule has 0 aliphatic heterocycles. The molecule has 1 N–H and O–H groups in total. The van der Waals surface area contributed by atoms with Crippen molar-refractivity contribution in [3.05, 3.63) is 66.1 Å². The number of nitrogens with one attached hydrogen (secondary N) is 1. The van der Waals surface area contributed by atoms with Crippen LogP contribution >= 0.6 is 0 Å². The first-order chi connectivity index (χ1) is 8.84. The number of aryl methyl sites for hydroxylation is 3. The molecule has 0 amide bonds. The molecule has 2 nitrogen and oxygen atoms in total. The van der Waals surface area contributed by atoms with E-state index < -0.39 is 0 Å². The molecular weight excluding hydrogens is 256 g/mol. The molecular formula is C16H17ClN2. The van der Waals surface area contributed by atoms with E-state index in [1.165, 1.54) is 22.0 Å². The lowest BCUT2D eigenvalue weighted by atomic mass is 10.0. The van der Waals surface area contributed by atoms with Gasteiger partial charge in [0.25, 0.3) is 0 Å². The van der Waals surface area contributed by atoms with Gasteiger partial charge < -0.3 is 17.0 Å². The summed E-state index contributed by atoms with van der Waals surface area (Å²) in [6, 6.07) is 12.9. The summed E-state index contributed by atoms with van der Waals surface area (Å²) in [6.07, 6.45) is 8.39. The zero-order chi connectivity index (χ0) is 12.4. The lowest BCUT2D eigenvalue weighted by molar-refractivity contribution is -0.378. The molecule has 0 fully saturated rings. The fourth-order valence-electron chi connectivity index (χ4n) is 2.49. The number of hydrogen-bond acceptors (Lipinski definition) is 0. The van der Waals surface area contributed by atoms with Gasteiger partial charge in [0.1, 0.15) is 0 Å². The molecule has 3 rings (SSSR count). The average molecular weight is 273 g/mol. The first-order valence-electron chi connectivity index (χ1n) is 6.32. The standard InChI is InChI=1S/C16H16N2.ClH/c1-18-12-14(15-4-2-3-5-16(15)18)7-6-13-8-10-17-11-9-13;/h2-5,8-12H,6-7H2,1H3;1H. The van der Waals surface area contributed by atoms with E-state index in [9.17, 15) is 0 Å². The number of halogens is 1. The minimum absolute atomic E-state index is 0. The maximum atomic E-state index is 3.06. The number of nitrogens with zero attached hydrogens (tertiary/aromatic N) is 1. The molecule has 0 spiro atoms. The van der Waals surface area contributed by atoms with E-state index in [4.69, 9.17) is 0 Å². The third-order valence-electron chi connectivity index (χ3n) is 3.45. The van der Waals surface area contributed by atoms with Crippen LogP contribution in [0.25, 0.3) is 10.9 Å². The quantitative estimate of drug-likeness (QED) is 0.628. The van der Waals surface area contributed by atoms with E-state index in [-0.39, 0.29) is 12.4 Å². The van der Waals surface area contributed by atoms with Gasteiger partial charge in [-0.2, -0.15) is 0 Å². The van der Waals surface area contributed by atoms with Crippen molar-refractivity contribution in [3.63, 3.8) is 0 Å². The second kappa shape index (κ2) is 5.89. The molecule has 19 heavy (non-hydrogen) atoms. The Bertz CT molecular complexity index is 659. The topological polar surface area (TPSA) is 19.1 Å². The number of rotatable bonds is 3. The van der Waals surface area contributed by atoms with E-state index in [0.717, 1.165) is 12.8 Å². The smallest absolute Gasteiger partial charge is 0.167 e. The molecule has 0 aliphatic rings. The van der Waals surface area contributed by atoms with Gasteiger partial charge in [-0.3, -0.25) is 0 Å². The first-order valence-corrected chi connectivity index (χ1v) is 6.32. The first kappa shape index (κ1) is 13.6. The van der Waals surface area contributed by atoms with Crippen molar-refractivity contribution in [1.82, 2.24) is 4.57 Å². The Hall–Kier alpha value is -1.80. The van der Waals surface area contributed by atoms with Crippen molar-refractivity contribution in [3.8, 4) is 0 Å². The second-order valence-electron chi connectivity index (χ2n) is 4.69. The average Bonchev–Trinajstić information content (AvgIpc) is 2.75. The van der Waals surface area contributed by atoms with E-state index in [0.29, 0.717) is 0 Å². The Morgan fingerprint density at radius 2 is 1.74 bits per heavy atom. The number of benzene rings is 1. The molecule has 0 unspecified atom stereocenters. The second-order valence-corrected chi connectivity index (χ2v) is 4.69. The molecule has 3 aromatic rings. The Balaban J connectivity index is 0.00000133. The van der Waals surface area contributed by atoms with Crippen LogP contribution in [0.1, 0.15) is 11.1 Å². The number of pyridine rings is 1. The van der Waals surface area contributed by atoms with Crippen molar-refractivity contribution < 1.29 is 17.4 Å². The van der Waals surface area contributed by atoms with E-state index in [1.54, 1.807) is 0 Å². The third kappa shape index (κ3) is 2.79. The largest absolute Gasteiger partial charge is 1.00 e. The summed E-state index contributed by atoms with van der Waals surface area (Å²) in [7, 11) is 2.11. The van der Waals surface area contributed by atoms with Crippen LogP contribution < -0.4 is 17.4 Å². The van der Waals surface area contributed by atoms with Crippen LogP contribution in [0.4, 0.5) is 0 Å². The maximum Gasteiger partial charge on any atom is 0.167 e. The van der Waals surface area contributed by atoms with Gasteiger partial charge in [-0.1, -0.05) is 18.2 Å². The predicted molar refractivity (Wildman–Crippen MR) is 73.3 cm³/mol. The van der Waals surface area contributed by atoms with Gasteiger partial charge in [0.2, 0.25) is 0 Å². The summed E-state index contributed by atoms with van der Waals surface area (Å²) in [4.78, 5) is 3.06. The molecule has 0 radical (unpaired) electrons. The summed E-state index contributed by atoms with van der Waals surface area (Å²) in [6.45, 7) is 0. The van der Waals surface area contributed by atoms with Crippen molar-refractivity contribution in [2.24, 2.45) is 7.05 Å². The number of para-hydroxylation sites is 1. The molecule has 98 valence electrons. The van der Waals surface area contributed by atoms with Gasteiger partial charge in [0.05, 0.1) is 0 Å². The number of H-pyrrole nitrogens is 1. The summed E-state index contributed by atoms with van der Waals surface area (Å²) >= 11 is 0. The van der Waals surface area contributed by atoms with Crippen molar-refractivity contribution in [2.45, 2.75) is 12.8 Å². The highest BCUT2D eigenvalue weighted by atomic mass is 35.5. The zero-order valence-corrected chi connectivity index (χ0v) is 11.7. The molecule has 0 bridgehead atoms. The van der Waals surface area contributed by atoms with Crippen LogP contribution in [0.15, 0.2) is 55.0 Å². The van der Waals surface area contributed by atoms with Gasteiger partial charge >= 0.3 is 0 Å². The minimum Gasteiger partial charge on any atom is -1.00 e. The van der Waals surface area contributed by atoms with Crippen LogP contribution in [-0.2, 0) is 19.9 Å². The van der Waals surface area contributed by atoms with Crippen molar-refractivity contribution >= 4 is 10.9 Å².